The Kier molecular flexibility index (Phi) is 6.09. The number of rotatable bonds is 6. The number of halogens is 1. The summed E-state index contributed by atoms with van der Waals surface area (Å²) >= 11 is 1.61. The first-order chi connectivity index (χ1) is 14.9. The number of fused-ring (bicyclic) bond motifs is 3. The molecular formula is C23H26FN3O3S. The Morgan fingerprint density at radius 1 is 1.32 bits per heavy atom. The van der Waals surface area contributed by atoms with Crippen LogP contribution in [0.25, 0.3) is 10.2 Å². The summed E-state index contributed by atoms with van der Waals surface area (Å²) in [4.78, 5) is 34.2. The van der Waals surface area contributed by atoms with Crippen molar-refractivity contribution in [2.24, 2.45) is 0 Å². The largest absolute Gasteiger partial charge is 0.494 e. The third kappa shape index (κ3) is 4.08. The second-order valence-electron chi connectivity index (χ2n) is 8.06. The maximum absolute atomic E-state index is 14.2. The molecule has 0 aliphatic heterocycles. The summed E-state index contributed by atoms with van der Waals surface area (Å²) in [5, 5.41) is 0.715. The van der Waals surface area contributed by atoms with E-state index in [1.807, 2.05) is 13.8 Å². The van der Waals surface area contributed by atoms with E-state index in [9.17, 15) is 14.0 Å². The monoisotopic (exact) mass is 443 g/mol. The molecule has 0 saturated heterocycles. The van der Waals surface area contributed by atoms with Crippen LogP contribution in [0.15, 0.2) is 29.3 Å². The van der Waals surface area contributed by atoms with E-state index in [0.717, 1.165) is 36.1 Å². The van der Waals surface area contributed by atoms with Gasteiger partial charge in [-0.15, -0.1) is 11.3 Å². The first kappa shape index (κ1) is 21.5. The van der Waals surface area contributed by atoms with Crippen LogP contribution >= 0.6 is 11.3 Å². The average Bonchev–Trinajstić information content (AvgIpc) is 3.12. The minimum Gasteiger partial charge on any atom is -0.494 e. The molecule has 31 heavy (non-hydrogen) atoms. The Bertz CT molecular complexity index is 1180. The van der Waals surface area contributed by atoms with Gasteiger partial charge in [-0.05, 0) is 57.2 Å². The summed E-state index contributed by atoms with van der Waals surface area (Å²) in [6.07, 6.45) is 5.82. The first-order valence-corrected chi connectivity index (χ1v) is 11.4. The van der Waals surface area contributed by atoms with Crippen molar-refractivity contribution in [3.63, 3.8) is 0 Å². The molecular weight excluding hydrogens is 417 g/mol. The third-order valence-corrected chi connectivity index (χ3v) is 6.91. The summed E-state index contributed by atoms with van der Waals surface area (Å²) in [5.74, 6) is -0.574. The van der Waals surface area contributed by atoms with Crippen molar-refractivity contribution in [2.45, 2.75) is 58.5 Å². The average molecular weight is 444 g/mol. The SMILES string of the molecule is COc1ccc(N(C(=O)CCn2cnc3sc4c(c3c2=O)CCCC4)C(C)C)cc1F. The second-order valence-corrected chi connectivity index (χ2v) is 9.14. The van der Waals surface area contributed by atoms with Crippen LogP contribution < -0.4 is 15.2 Å². The molecule has 0 saturated carbocycles. The molecule has 0 radical (unpaired) electrons. The number of hydrogen-bond donors (Lipinski definition) is 0. The minimum absolute atomic E-state index is 0.0798. The van der Waals surface area contributed by atoms with Crippen molar-refractivity contribution in [3.05, 3.63) is 51.1 Å². The molecule has 8 heteroatoms. The van der Waals surface area contributed by atoms with Gasteiger partial charge in [-0.25, -0.2) is 9.37 Å². The van der Waals surface area contributed by atoms with Crippen molar-refractivity contribution in [1.29, 1.82) is 0 Å². The van der Waals surface area contributed by atoms with E-state index < -0.39 is 5.82 Å². The number of hydrogen-bond acceptors (Lipinski definition) is 5. The Morgan fingerprint density at radius 2 is 2.10 bits per heavy atom. The lowest BCUT2D eigenvalue weighted by Crippen LogP contribution is -2.38. The summed E-state index contributed by atoms with van der Waals surface area (Å²) in [6, 6.07) is 4.31. The number of ether oxygens (including phenoxy) is 1. The maximum atomic E-state index is 14.2. The molecule has 0 spiro atoms. The highest BCUT2D eigenvalue weighted by atomic mass is 32.1. The van der Waals surface area contributed by atoms with Gasteiger partial charge in [0.2, 0.25) is 5.91 Å². The number of anilines is 1. The summed E-state index contributed by atoms with van der Waals surface area (Å²) < 4.78 is 20.7. The number of methoxy groups -OCH3 is 1. The number of nitrogens with zero attached hydrogens (tertiary/aromatic N) is 3. The molecule has 0 unspecified atom stereocenters. The molecule has 1 aliphatic carbocycles. The predicted molar refractivity (Wildman–Crippen MR) is 121 cm³/mol. The van der Waals surface area contributed by atoms with Gasteiger partial charge in [0.25, 0.3) is 5.56 Å². The fraction of sp³-hybridized carbons (Fsp3) is 0.435. The zero-order valence-corrected chi connectivity index (χ0v) is 18.8. The van der Waals surface area contributed by atoms with Crippen molar-refractivity contribution < 1.29 is 13.9 Å². The molecule has 0 atom stereocenters. The van der Waals surface area contributed by atoms with Crippen LogP contribution in [-0.4, -0.2) is 28.6 Å². The zero-order valence-electron chi connectivity index (χ0n) is 18.0. The van der Waals surface area contributed by atoms with Gasteiger partial charge in [-0.1, -0.05) is 0 Å². The van der Waals surface area contributed by atoms with Gasteiger partial charge < -0.3 is 9.64 Å². The predicted octanol–water partition coefficient (Wildman–Crippen LogP) is 4.32. The molecule has 0 bridgehead atoms. The van der Waals surface area contributed by atoms with Crippen molar-refractivity contribution >= 4 is 33.1 Å². The normalized spacial score (nSPS) is 13.5. The van der Waals surface area contributed by atoms with Gasteiger partial charge in [0.05, 0.1) is 18.8 Å². The Balaban J connectivity index is 1.57. The van der Waals surface area contributed by atoms with Gasteiger partial charge >= 0.3 is 0 Å². The fourth-order valence-corrected chi connectivity index (χ4v) is 5.43. The zero-order chi connectivity index (χ0) is 22.1. The van der Waals surface area contributed by atoms with Gasteiger partial charge in [0.15, 0.2) is 11.6 Å². The van der Waals surface area contributed by atoms with E-state index in [2.05, 4.69) is 4.98 Å². The number of aryl methyl sites for hydroxylation is 3. The second kappa shape index (κ2) is 8.78. The first-order valence-electron chi connectivity index (χ1n) is 10.6. The molecule has 1 amide bonds. The van der Waals surface area contributed by atoms with Crippen molar-refractivity contribution in [3.8, 4) is 5.75 Å². The topological polar surface area (TPSA) is 64.4 Å². The molecule has 164 valence electrons. The van der Waals surface area contributed by atoms with Crippen LogP contribution in [0.1, 0.15) is 43.6 Å². The van der Waals surface area contributed by atoms with Crippen LogP contribution in [0.5, 0.6) is 5.75 Å². The van der Waals surface area contributed by atoms with E-state index in [-0.39, 0.29) is 36.2 Å². The van der Waals surface area contributed by atoms with E-state index in [4.69, 9.17) is 4.74 Å². The quantitative estimate of drug-likeness (QED) is 0.569. The molecule has 6 nitrogen and oxygen atoms in total. The van der Waals surface area contributed by atoms with Crippen LogP contribution in [0.3, 0.4) is 0 Å². The van der Waals surface area contributed by atoms with E-state index in [1.54, 1.807) is 22.3 Å². The molecule has 0 N–H and O–H groups in total. The van der Waals surface area contributed by atoms with Gasteiger partial charge in [-0.2, -0.15) is 0 Å². The molecule has 1 aliphatic rings. The number of carbonyl (C=O) groups excluding carboxylic acids is 1. The summed E-state index contributed by atoms with van der Waals surface area (Å²) in [5.41, 5.74) is 1.52. The third-order valence-electron chi connectivity index (χ3n) is 5.71. The van der Waals surface area contributed by atoms with Crippen molar-refractivity contribution in [1.82, 2.24) is 9.55 Å². The molecule has 4 rings (SSSR count). The highest BCUT2D eigenvalue weighted by Gasteiger charge is 2.22. The fourth-order valence-electron chi connectivity index (χ4n) is 4.21. The Labute approximate surface area is 184 Å². The smallest absolute Gasteiger partial charge is 0.262 e. The van der Waals surface area contributed by atoms with Gasteiger partial charge in [0.1, 0.15) is 4.83 Å². The maximum Gasteiger partial charge on any atom is 0.262 e. The van der Waals surface area contributed by atoms with Crippen LogP contribution in [0, 0.1) is 5.82 Å². The van der Waals surface area contributed by atoms with Crippen molar-refractivity contribution in [2.75, 3.05) is 12.0 Å². The van der Waals surface area contributed by atoms with Gasteiger partial charge in [-0.3, -0.25) is 14.2 Å². The van der Waals surface area contributed by atoms with Crippen LogP contribution in [0.4, 0.5) is 10.1 Å². The number of amides is 1. The highest BCUT2D eigenvalue weighted by molar-refractivity contribution is 7.18. The number of thiophene rings is 1. The number of benzene rings is 1. The summed E-state index contributed by atoms with van der Waals surface area (Å²) in [6.45, 7) is 3.97. The lowest BCUT2D eigenvalue weighted by Gasteiger charge is -2.27. The standard InChI is InChI=1S/C23H26FN3O3S/c1-14(2)27(15-8-9-18(30-3)17(24)12-15)20(28)10-11-26-13-25-22-21(23(26)29)16-6-4-5-7-19(16)31-22/h8-9,12-14H,4-7,10-11H2,1-3H3. The Hall–Kier alpha value is -2.74. The van der Waals surface area contributed by atoms with Crippen LogP contribution in [-0.2, 0) is 24.2 Å². The minimum atomic E-state index is -0.522. The number of aromatic nitrogens is 2. The molecule has 3 aromatic rings. The van der Waals surface area contributed by atoms with E-state index >= 15 is 0 Å². The molecule has 2 aromatic heterocycles. The lowest BCUT2D eigenvalue weighted by atomic mass is 9.97. The highest BCUT2D eigenvalue weighted by Crippen LogP contribution is 2.33. The molecule has 0 fully saturated rings. The number of carbonyl (C=O) groups is 1. The molecule has 2 heterocycles. The molecule has 1 aromatic carbocycles. The van der Waals surface area contributed by atoms with E-state index in [0.29, 0.717) is 11.1 Å². The Morgan fingerprint density at radius 3 is 2.81 bits per heavy atom. The lowest BCUT2D eigenvalue weighted by molar-refractivity contribution is -0.119. The summed E-state index contributed by atoms with van der Waals surface area (Å²) in [7, 11) is 1.40. The van der Waals surface area contributed by atoms with Gasteiger partial charge in [0, 0.05) is 35.6 Å². The van der Waals surface area contributed by atoms with Crippen LogP contribution in [0.2, 0.25) is 0 Å². The van der Waals surface area contributed by atoms with E-state index in [1.165, 1.54) is 35.0 Å².